The summed E-state index contributed by atoms with van der Waals surface area (Å²) in [6.45, 7) is 11.3. The van der Waals surface area contributed by atoms with Gasteiger partial charge in [0.2, 0.25) is 0 Å². The fraction of sp³-hybridized carbons (Fsp3) is 0.615. The molecule has 0 aromatic rings. The van der Waals surface area contributed by atoms with Gasteiger partial charge in [0, 0.05) is 5.57 Å². The van der Waals surface area contributed by atoms with Crippen molar-refractivity contribution in [2.75, 3.05) is 26.4 Å². The maximum Gasteiger partial charge on any atom is 0.333 e. The molecule has 0 aromatic carbocycles. The van der Waals surface area contributed by atoms with Crippen molar-refractivity contribution < 1.29 is 19.4 Å². The zero-order valence-electron chi connectivity index (χ0n) is 10.7. The Bertz CT molecular complexity index is 267. The SMILES string of the molecule is C=CCOCC(CC)(CO)COC(=O)C(=C)C. The van der Waals surface area contributed by atoms with E-state index in [4.69, 9.17) is 9.47 Å². The van der Waals surface area contributed by atoms with Crippen LogP contribution in [0.3, 0.4) is 0 Å². The van der Waals surface area contributed by atoms with Crippen LogP contribution in [0.25, 0.3) is 0 Å². The lowest BCUT2D eigenvalue weighted by molar-refractivity contribution is -0.145. The molecule has 0 heterocycles. The molecule has 0 aliphatic rings. The zero-order chi connectivity index (χ0) is 13.3. The molecule has 1 unspecified atom stereocenters. The first-order valence-corrected chi connectivity index (χ1v) is 5.63. The standard InChI is InChI=1S/C13H22O4/c1-5-7-16-9-13(6-2,8-14)10-17-12(15)11(3)4/h5,14H,1,3,6-10H2,2,4H3. The molecule has 0 spiro atoms. The summed E-state index contributed by atoms with van der Waals surface area (Å²) in [5, 5.41) is 9.41. The molecule has 1 N–H and O–H groups in total. The maximum absolute atomic E-state index is 11.3. The summed E-state index contributed by atoms with van der Waals surface area (Å²) in [6, 6.07) is 0. The van der Waals surface area contributed by atoms with E-state index in [1.807, 2.05) is 6.92 Å². The molecule has 98 valence electrons. The van der Waals surface area contributed by atoms with E-state index in [1.54, 1.807) is 13.0 Å². The second-order valence-electron chi connectivity index (χ2n) is 4.17. The Kier molecular flexibility index (Phi) is 7.50. The molecule has 17 heavy (non-hydrogen) atoms. The molecule has 0 aromatic heterocycles. The van der Waals surface area contributed by atoms with Crippen LogP contribution in [0.5, 0.6) is 0 Å². The van der Waals surface area contributed by atoms with Crippen LogP contribution in [-0.2, 0) is 14.3 Å². The van der Waals surface area contributed by atoms with Crippen molar-refractivity contribution in [1.29, 1.82) is 0 Å². The molecule has 0 fully saturated rings. The predicted octanol–water partition coefficient (Wildman–Crippen LogP) is 1.70. The van der Waals surface area contributed by atoms with E-state index in [9.17, 15) is 9.90 Å². The third-order valence-corrected chi connectivity index (χ3v) is 2.59. The highest BCUT2D eigenvalue weighted by Gasteiger charge is 2.29. The third kappa shape index (κ3) is 5.65. The van der Waals surface area contributed by atoms with Crippen LogP contribution >= 0.6 is 0 Å². The van der Waals surface area contributed by atoms with E-state index in [-0.39, 0.29) is 13.2 Å². The van der Waals surface area contributed by atoms with Crippen LogP contribution in [0.2, 0.25) is 0 Å². The number of esters is 1. The average molecular weight is 242 g/mol. The summed E-state index contributed by atoms with van der Waals surface area (Å²) in [5.74, 6) is -0.444. The van der Waals surface area contributed by atoms with Gasteiger partial charge in [-0.1, -0.05) is 19.6 Å². The van der Waals surface area contributed by atoms with Crippen LogP contribution in [0, 0.1) is 5.41 Å². The largest absolute Gasteiger partial charge is 0.462 e. The average Bonchev–Trinajstić information content (AvgIpc) is 2.33. The van der Waals surface area contributed by atoms with Crippen molar-refractivity contribution >= 4 is 5.97 Å². The monoisotopic (exact) mass is 242 g/mol. The van der Waals surface area contributed by atoms with E-state index in [1.165, 1.54) is 0 Å². The Morgan fingerprint density at radius 2 is 2.12 bits per heavy atom. The fourth-order valence-corrected chi connectivity index (χ4v) is 1.15. The lowest BCUT2D eigenvalue weighted by Gasteiger charge is -2.29. The van der Waals surface area contributed by atoms with Gasteiger partial charge in [-0.3, -0.25) is 0 Å². The van der Waals surface area contributed by atoms with Crippen LogP contribution in [0.1, 0.15) is 20.3 Å². The van der Waals surface area contributed by atoms with Gasteiger partial charge in [-0.05, 0) is 13.3 Å². The van der Waals surface area contributed by atoms with Crippen LogP contribution in [0.4, 0.5) is 0 Å². The van der Waals surface area contributed by atoms with Gasteiger partial charge in [-0.2, -0.15) is 0 Å². The summed E-state index contributed by atoms with van der Waals surface area (Å²) < 4.78 is 10.4. The fourth-order valence-electron chi connectivity index (χ4n) is 1.15. The molecule has 4 heteroatoms. The number of ether oxygens (including phenoxy) is 2. The highest BCUT2D eigenvalue weighted by molar-refractivity contribution is 5.86. The highest BCUT2D eigenvalue weighted by atomic mass is 16.5. The van der Waals surface area contributed by atoms with Crippen molar-refractivity contribution in [2.24, 2.45) is 5.41 Å². The Hall–Kier alpha value is -1.13. The number of aliphatic hydroxyl groups is 1. The topological polar surface area (TPSA) is 55.8 Å². The number of aliphatic hydroxyl groups excluding tert-OH is 1. The first kappa shape index (κ1) is 15.9. The van der Waals surface area contributed by atoms with E-state index in [0.717, 1.165) is 0 Å². The Morgan fingerprint density at radius 3 is 2.53 bits per heavy atom. The minimum Gasteiger partial charge on any atom is -0.462 e. The van der Waals surface area contributed by atoms with Crippen molar-refractivity contribution in [3.8, 4) is 0 Å². The number of carbonyl (C=O) groups is 1. The van der Waals surface area contributed by atoms with Crippen LogP contribution in [-0.4, -0.2) is 37.5 Å². The van der Waals surface area contributed by atoms with E-state index in [0.29, 0.717) is 25.2 Å². The third-order valence-electron chi connectivity index (χ3n) is 2.59. The number of rotatable bonds is 9. The molecular formula is C13H22O4. The second kappa shape index (κ2) is 8.03. The van der Waals surface area contributed by atoms with Gasteiger partial charge >= 0.3 is 5.97 Å². The molecule has 0 rings (SSSR count). The van der Waals surface area contributed by atoms with Crippen molar-refractivity contribution in [3.05, 3.63) is 24.8 Å². The summed E-state index contributed by atoms with van der Waals surface area (Å²) in [4.78, 5) is 11.3. The molecule has 0 aliphatic heterocycles. The van der Waals surface area contributed by atoms with E-state index >= 15 is 0 Å². The molecular weight excluding hydrogens is 220 g/mol. The van der Waals surface area contributed by atoms with E-state index in [2.05, 4.69) is 13.2 Å². The lowest BCUT2D eigenvalue weighted by atomic mass is 9.88. The number of hydrogen-bond acceptors (Lipinski definition) is 4. The lowest BCUT2D eigenvalue weighted by Crippen LogP contribution is -2.36. The van der Waals surface area contributed by atoms with Crippen LogP contribution in [0.15, 0.2) is 24.8 Å². The highest BCUT2D eigenvalue weighted by Crippen LogP contribution is 2.22. The summed E-state index contributed by atoms with van der Waals surface area (Å²) in [6.07, 6.45) is 2.29. The van der Waals surface area contributed by atoms with Crippen molar-refractivity contribution in [3.63, 3.8) is 0 Å². The molecule has 0 aliphatic carbocycles. The van der Waals surface area contributed by atoms with E-state index < -0.39 is 11.4 Å². The van der Waals surface area contributed by atoms with Gasteiger partial charge in [0.1, 0.15) is 6.61 Å². The first-order chi connectivity index (χ1) is 8.01. The van der Waals surface area contributed by atoms with Gasteiger partial charge < -0.3 is 14.6 Å². The summed E-state index contributed by atoms with van der Waals surface area (Å²) >= 11 is 0. The number of carbonyl (C=O) groups excluding carboxylic acids is 1. The quantitative estimate of drug-likeness (QED) is 0.289. The Labute approximate surface area is 103 Å². The second-order valence-corrected chi connectivity index (χ2v) is 4.17. The molecule has 0 saturated carbocycles. The molecule has 0 radical (unpaired) electrons. The molecule has 1 atom stereocenters. The maximum atomic E-state index is 11.3. The van der Waals surface area contributed by atoms with Crippen molar-refractivity contribution in [1.82, 2.24) is 0 Å². The molecule has 0 amide bonds. The van der Waals surface area contributed by atoms with Crippen molar-refractivity contribution in [2.45, 2.75) is 20.3 Å². The van der Waals surface area contributed by atoms with Crippen LogP contribution < -0.4 is 0 Å². The Balaban J connectivity index is 4.33. The smallest absolute Gasteiger partial charge is 0.333 e. The number of hydrogen-bond donors (Lipinski definition) is 1. The first-order valence-electron chi connectivity index (χ1n) is 5.63. The molecule has 0 bridgehead atoms. The minimum absolute atomic E-state index is 0.0931. The Morgan fingerprint density at radius 1 is 1.47 bits per heavy atom. The van der Waals surface area contributed by atoms with Gasteiger partial charge in [-0.25, -0.2) is 4.79 Å². The summed E-state index contributed by atoms with van der Waals surface area (Å²) in [7, 11) is 0. The normalized spacial score (nSPS) is 13.8. The zero-order valence-corrected chi connectivity index (χ0v) is 10.7. The summed E-state index contributed by atoms with van der Waals surface area (Å²) in [5.41, 5.74) is -0.200. The van der Waals surface area contributed by atoms with Gasteiger partial charge in [-0.15, -0.1) is 6.58 Å². The van der Waals surface area contributed by atoms with Gasteiger partial charge in [0.15, 0.2) is 0 Å². The van der Waals surface area contributed by atoms with Gasteiger partial charge in [0.05, 0.1) is 25.2 Å². The molecule has 0 saturated heterocycles. The molecule has 4 nitrogen and oxygen atoms in total. The van der Waals surface area contributed by atoms with Gasteiger partial charge in [0.25, 0.3) is 0 Å². The minimum atomic E-state index is -0.547. The predicted molar refractivity (Wildman–Crippen MR) is 66.6 cm³/mol.